The maximum Gasteiger partial charge on any atom is 0.240 e. The van der Waals surface area contributed by atoms with Crippen LogP contribution in [-0.4, -0.2) is 15.0 Å². The van der Waals surface area contributed by atoms with Crippen LogP contribution in [0.5, 0.6) is 5.75 Å². The first-order chi connectivity index (χ1) is 10.0. The smallest absolute Gasteiger partial charge is 0.240 e. The zero-order valence-electron chi connectivity index (χ0n) is 11.2. The van der Waals surface area contributed by atoms with Gasteiger partial charge in [0, 0.05) is 18.0 Å². The van der Waals surface area contributed by atoms with E-state index >= 15 is 0 Å². The third kappa shape index (κ3) is 3.20. The standard InChI is InChI=1S/C15H14ClNO3S/c16-13-3-1-11(2-4-13)10-17-21(18,19)14-5-6-15-12(9-14)7-8-20-15/h1-6,9,17H,7-8,10H2. The molecule has 0 bridgehead atoms. The minimum absolute atomic E-state index is 0.229. The second-order valence-electron chi connectivity index (χ2n) is 4.82. The minimum Gasteiger partial charge on any atom is -0.493 e. The Kier molecular flexibility index (Phi) is 3.89. The molecule has 0 amide bonds. The van der Waals surface area contributed by atoms with Crippen LogP contribution in [0.2, 0.25) is 5.02 Å². The Bertz CT molecular complexity index is 757. The van der Waals surface area contributed by atoms with Gasteiger partial charge in [-0.1, -0.05) is 23.7 Å². The summed E-state index contributed by atoms with van der Waals surface area (Å²) >= 11 is 5.80. The highest BCUT2D eigenvalue weighted by Crippen LogP contribution is 2.27. The molecule has 1 aliphatic rings. The highest BCUT2D eigenvalue weighted by Gasteiger charge is 2.18. The monoisotopic (exact) mass is 323 g/mol. The summed E-state index contributed by atoms with van der Waals surface area (Å²) in [5, 5.41) is 0.625. The molecule has 0 atom stereocenters. The molecule has 1 aliphatic heterocycles. The number of nitrogens with one attached hydrogen (secondary N) is 1. The van der Waals surface area contributed by atoms with E-state index in [0.717, 1.165) is 23.3 Å². The van der Waals surface area contributed by atoms with Crippen LogP contribution in [0, 0.1) is 0 Å². The third-order valence-corrected chi connectivity index (χ3v) is 5.00. The van der Waals surface area contributed by atoms with Crippen molar-refractivity contribution in [1.82, 2.24) is 4.72 Å². The first kappa shape index (κ1) is 14.4. The number of fused-ring (bicyclic) bond motifs is 1. The zero-order chi connectivity index (χ0) is 14.9. The third-order valence-electron chi connectivity index (χ3n) is 3.35. The van der Waals surface area contributed by atoms with Crippen molar-refractivity contribution in [3.63, 3.8) is 0 Å². The molecule has 21 heavy (non-hydrogen) atoms. The predicted octanol–water partition coefficient (Wildman–Crippen LogP) is 2.75. The van der Waals surface area contributed by atoms with Gasteiger partial charge >= 0.3 is 0 Å². The number of sulfonamides is 1. The van der Waals surface area contributed by atoms with Crippen LogP contribution in [0.3, 0.4) is 0 Å². The number of rotatable bonds is 4. The maximum atomic E-state index is 12.3. The van der Waals surface area contributed by atoms with Gasteiger partial charge in [-0.05, 0) is 41.5 Å². The van der Waals surface area contributed by atoms with E-state index in [0.29, 0.717) is 11.6 Å². The summed E-state index contributed by atoms with van der Waals surface area (Å²) < 4.78 is 32.6. The number of halogens is 1. The quantitative estimate of drug-likeness (QED) is 0.941. The molecule has 0 saturated heterocycles. The second-order valence-corrected chi connectivity index (χ2v) is 7.02. The highest BCUT2D eigenvalue weighted by molar-refractivity contribution is 7.89. The van der Waals surface area contributed by atoms with Crippen molar-refractivity contribution in [3.05, 3.63) is 58.6 Å². The lowest BCUT2D eigenvalue weighted by molar-refractivity contribution is 0.356. The van der Waals surface area contributed by atoms with Gasteiger partial charge in [0.15, 0.2) is 0 Å². The van der Waals surface area contributed by atoms with Gasteiger partial charge in [-0.15, -0.1) is 0 Å². The van der Waals surface area contributed by atoms with E-state index in [1.807, 2.05) is 0 Å². The van der Waals surface area contributed by atoms with E-state index in [-0.39, 0.29) is 11.4 Å². The van der Waals surface area contributed by atoms with Crippen LogP contribution in [0.15, 0.2) is 47.4 Å². The molecule has 0 radical (unpaired) electrons. The Morgan fingerprint density at radius 1 is 1.14 bits per heavy atom. The van der Waals surface area contributed by atoms with Gasteiger partial charge in [0.2, 0.25) is 10.0 Å². The van der Waals surface area contributed by atoms with Gasteiger partial charge in [0.25, 0.3) is 0 Å². The molecular weight excluding hydrogens is 310 g/mol. The lowest BCUT2D eigenvalue weighted by Crippen LogP contribution is -2.23. The molecule has 0 saturated carbocycles. The summed E-state index contributed by atoms with van der Waals surface area (Å²) in [6, 6.07) is 12.0. The summed E-state index contributed by atoms with van der Waals surface area (Å²) in [6.07, 6.45) is 0.746. The van der Waals surface area contributed by atoms with E-state index in [1.165, 1.54) is 0 Å². The first-order valence-electron chi connectivity index (χ1n) is 6.54. The molecule has 4 nitrogen and oxygen atoms in total. The van der Waals surface area contributed by atoms with Crippen LogP contribution >= 0.6 is 11.6 Å². The van der Waals surface area contributed by atoms with E-state index in [9.17, 15) is 8.42 Å². The van der Waals surface area contributed by atoms with Crippen molar-refractivity contribution in [1.29, 1.82) is 0 Å². The molecule has 0 aromatic heterocycles. The summed E-state index contributed by atoms with van der Waals surface area (Å²) in [5.74, 6) is 0.770. The number of benzene rings is 2. The van der Waals surface area contributed by atoms with Crippen LogP contribution < -0.4 is 9.46 Å². The molecule has 1 heterocycles. The zero-order valence-corrected chi connectivity index (χ0v) is 12.7. The van der Waals surface area contributed by atoms with Gasteiger partial charge in [-0.3, -0.25) is 0 Å². The average molecular weight is 324 g/mol. The SMILES string of the molecule is O=S(=O)(NCc1ccc(Cl)cc1)c1ccc2c(c1)CCO2. The topological polar surface area (TPSA) is 55.4 Å². The Hall–Kier alpha value is -1.56. The Morgan fingerprint density at radius 2 is 1.90 bits per heavy atom. The van der Waals surface area contributed by atoms with Crippen LogP contribution in [-0.2, 0) is 23.0 Å². The van der Waals surface area contributed by atoms with Crippen molar-refractivity contribution >= 4 is 21.6 Å². The van der Waals surface area contributed by atoms with Gasteiger partial charge in [-0.2, -0.15) is 0 Å². The molecule has 2 aromatic rings. The summed E-state index contributed by atoms with van der Waals surface area (Å²) in [6.45, 7) is 0.837. The Labute approximate surface area is 128 Å². The molecule has 0 aliphatic carbocycles. The second kappa shape index (κ2) is 5.67. The molecule has 6 heteroatoms. The fourth-order valence-electron chi connectivity index (χ4n) is 2.19. The van der Waals surface area contributed by atoms with Gasteiger partial charge < -0.3 is 4.74 Å². The van der Waals surface area contributed by atoms with Gasteiger partial charge in [-0.25, -0.2) is 13.1 Å². The van der Waals surface area contributed by atoms with Crippen molar-refractivity contribution in [2.45, 2.75) is 17.9 Å². The summed E-state index contributed by atoms with van der Waals surface area (Å²) in [7, 11) is -3.53. The molecule has 2 aromatic carbocycles. The van der Waals surface area contributed by atoms with Crippen LogP contribution in [0.25, 0.3) is 0 Å². The van der Waals surface area contributed by atoms with Gasteiger partial charge in [0.1, 0.15) is 5.75 Å². The Balaban J connectivity index is 1.76. The maximum absolute atomic E-state index is 12.3. The Morgan fingerprint density at radius 3 is 2.67 bits per heavy atom. The molecule has 0 unspecified atom stereocenters. The molecule has 110 valence electrons. The summed E-state index contributed by atoms with van der Waals surface area (Å²) in [5.41, 5.74) is 1.79. The fourth-order valence-corrected chi connectivity index (χ4v) is 3.39. The first-order valence-corrected chi connectivity index (χ1v) is 8.40. The van der Waals surface area contributed by atoms with E-state index in [4.69, 9.17) is 16.3 Å². The fraction of sp³-hybridized carbons (Fsp3) is 0.200. The van der Waals surface area contributed by atoms with Crippen molar-refractivity contribution < 1.29 is 13.2 Å². The number of hydrogen-bond acceptors (Lipinski definition) is 3. The summed E-state index contributed by atoms with van der Waals surface area (Å²) in [4.78, 5) is 0.265. The highest BCUT2D eigenvalue weighted by atomic mass is 35.5. The minimum atomic E-state index is -3.53. The van der Waals surface area contributed by atoms with Crippen molar-refractivity contribution in [3.8, 4) is 5.75 Å². The van der Waals surface area contributed by atoms with E-state index < -0.39 is 10.0 Å². The van der Waals surface area contributed by atoms with Crippen LogP contribution in [0.4, 0.5) is 0 Å². The normalized spacial score (nSPS) is 13.8. The van der Waals surface area contributed by atoms with Crippen LogP contribution in [0.1, 0.15) is 11.1 Å². The largest absolute Gasteiger partial charge is 0.493 e. The van der Waals surface area contributed by atoms with E-state index in [2.05, 4.69) is 4.72 Å². The molecule has 3 rings (SSSR count). The lowest BCUT2D eigenvalue weighted by Gasteiger charge is -2.08. The van der Waals surface area contributed by atoms with E-state index in [1.54, 1.807) is 42.5 Å². The molecule has 0 fully saturated rings. The van der Waals surface area contributed by atoms with Crippen molar-refractivity contribution in [2.75, 3.05) is 6.61 Å². The number of ether oxygens (including phenoxy) is 1. The molecule has 1 N–H and O–H groups in total. The van der Waals surface area contributed by atoms with Gasteiger partial charge in [0.05, 0.1) is 11.5 Å². The average Bonchev–Trinajstić information content (AvgIpc) is 2.94. The van der Waals surface area contributed by atoms with Crippen molar-refractivity contribution in [2.24, 2.45) is 0 Å². The lowest BCUT2D eigenvalue weighted by atomic mass is 10.2. The molecular formula is C15H14ClNO3S. The number of hydrogen-bond donors (Lipinski definition) is 1. The molecule has 0 spiro atoms. The predicted molar refractivity (Wildman–Crippen MR) is 81.1 cm³/mol.